The molecule has 0 spiro atoms. The second-order valence-electron chi connectivity index (χ2n) is 10.6. The molecule has 3 rings (SSSR count). The van der Waals surface area contributed by atoms with Crippen LogP contribution in [-0.4, -0.2) is 28.1 Å². The van der Waals surface area contributed by atoms with E-state index in [9.17, 15) is 14.6 Å². The van der Waals surface area contributed by atoms with Gasteiger partial charge >= 0.3 is 0 Å². The molecule has 178 valence electrons. The van der Waals surface area contributed by atoms with Crippen molar-refractivity contribution in [3.8, 4) is 0 Å². The molecule has 3 heteroatoms. The summed E-state index contributed by atoms with van der Waals surface area (Å²) >= 11 is 0. The Balaban J connectivity index is 1.73. The third kappa shape index (κ3) is 5.20. The molecule has 3 unspecified atom stereocenters. The second kappa shape index (κ2) is 10.2. The van der Waals surface area contributed by atoms with E-state index < -0.39 is 17.9 Å². The molecule has 0 aromatic heterocycles. The lowest BCUT2D eigenvalue weighted by Gasteiger charge is -2.42. The maximum atomic E-state index is 14.1. The molecule has 0 aromatic rings. The minimum Gasteiger partial charge on any atom is -0.393 e. The first-order valence-corrected chi connectivity index (χ1v) is 12.6. The highest BCUT2D eigenvalue weighted by molar-refractivity contribution is 5.40. The molecule has 3 aliphatic carbocycles. The van der Waals surface area contributed by atoms with E-state index in [-0.39, 0.29) is 11.8 Å². The first-order valence-electron chi connectivity index (χ1n) is 12.6. The van der Waals surface area contributed by atoms with Gasteiger partial charge in [-0.3, -0.25) is 0 Å². The van der Waals surface area contributed by atoms with Crippen molar-refractivity contribution < 1.29 is 14.6 Å². The van der Waals surface area contributed by atoms with Gasteiger partial charge in [0, 0.05) is 6.42 Å². The predicted octanol–water partition coefficient (Wildman–Crippen LogP) is 7.16. The van der Waals surface area contributed by atoms with Crippen LogP contribution in [0, 0.1) is 17.3 Å². The summed E-state index contributed by atoms with van der Waals surface area (Å²) in [5.74, 6) is 0.957. The van der Waals surface area contributed by atoms with Crippen LogP contribution in [0.2, 0.25) is 0 Å². The zero-order chi connectivity index (χ0) is 23.5. The standard InChI is InChI=1S/C29H43FO2/c1-6-29(32,7-2)17-8-10-20(3)25-14-15-26-22(11-9-16-28(25,26)5)12-13-23-18-24(31)19-27(30)21(23)4/h8,12-14,17,20,24,26-27,31-32H,4,6-7,9-11,15-16,18-19H2,1-3,5H3/b17-8+,22-12+,23-13-/t20?,24?,26?,27-,28+/m0/s1. The summed E-state index contributed by atoms with van der Waals surface area (Å²) < 4.78 is 14.1. The van der Waals surface area contributed by atoms with Crippen molar-refractivity contribution >= 4 is 0 Å². The third-order valence-electron chi connectivity index (χ3n) is 8.51. The Morgan fingerprint density at radius 1 is 1.31 bits per heavy atom. The van der Waals surface area contributed by atoms with Crippen molar-refractivity contribution in [3.05, 3.63) is 59.3 Å². The SMILES string of the molecule is C=C1/C(=C\C=C2/CCC[C@]3(C)C(C(C)C/C=C/C(O)(CC)CC)=CCC23)CC(O)C[C@@H]1F. The van der Waals surface area contributed by atoms with Gasteiger partial charge in [0.1, 0.15) is 6.17 Å². The van der Waals surface area contributed by atoms with Gasteiger partial charge in [0.15, 0.2) is 0 Å². The predicted molar refractivity (Wildman–Crippen MR) is 132 cm³/mol. The largest absolute Gasteiger partial charge is 0.393 e. The van der Waals surface area contributed by atoms with E-state index in [1.54, 1.807) is 5.57 Å². The summed E-state index contributed by atoms with van der Waals surface area (Å²) in [6.45, 7) is 12.7. The lowest BCUT2D eigenvalue weighted by molar-refractivity contribution is 0.0824. The number of aliphatic hydroxyl groups is 2. The number of aliphatic hydroxyl groups excluding tert-OH is 1. The van der Waals surface area contributed by atoms with Crippen LogP contribution in [0.1, 0.15) is 85.5 Å². The molecule has 0 saturated heterocycles. The molecular formula is C29H43FO2. The molecule has 0 bridgehead atoms. The van der Waals surface area contributed by atoms with Gasteiger partial charge in [-0.1, -0.05) is 75.8 Å². The molecule has 0 radical (unpaired) electrons. The van der Waals surface area contributed by atoms with E-state index in [0.29, 0.717) is 23.8 Å². The Kier molecular flexibility index (Phi) is 8.04. The van der Waals surface area contributed by atoms with Crippen LogP contribution in [0.15, 0.2) is 59.3 Å². The summed E-state index contributed by atoms with van der Waals surface area (Å²) in [4.78, 5) is 0. The Hall–Kier alpha value is -1.45. The Labute approximate surface area is 194 Å². The van der Waals surface area contributed by atoms with Crippen molar-refractivity contribution in [1.29, 1.82) is 0 Å². The number of hydrogen-bond donors (Lipinski definition) is 2. The van der Waals surface area contributed by atoms with E-state index in [4.69, 9.17) is 0 Å². The van der Waals surface area contributed by atoms with Gasteiger partial charge in [0.05, 0.1) is 11.7 Å². The maximum Gasteiger partial charge on any atom is 0.127 e. The summed E-state index contributed by atoms with van der Waals surface area (Å²) in [6.07, 6.45) is 16.8. The van der Waals surface area contributed by atoms with Crippen LogP contribution in [-0.2, 0) is 0 Å². The van der Waals surface area contributed by atoms with Gasteiger partial charge in [-0.2, -0.15) is 0 Å². The molecule has 3 aliphatic rings. The van der Waals surface area contributed by atoms with Gasteiger partial charge in [-0.05, 0) is 79.8 Å². The van der Waals surface area contributed by atoms with Crippen LogP contribution in [0.4, 0.5) is 4.39 Å². The minimum absolute atomic E-state index is 0.168. The Morgan fingerprint density at radius 2 is 2.03 bits per heavy atom. The first-order chi connectivity index (χ1) is 15.1. The lowest BCUT2D eigenvalue weighted by Crippen LogP contribution is -2.32. The summed E-state index contributed by atoms with van der Waals surface area (Å²) in [5.41, 5.74) is 3.90. The van der Waals surface area contributed by atoms with Crippen LogP contribution in [0.3, 0.4) is 0 Å². The molecule has 32 heavy (non-hydrogen) atoms. The van der Waals surface area contributed by atoms with E-state index >= 15 is 0 Å². The summed E-state index contributed by atoms with van der Waals surface area (Å²) in [5, 5.41) is 20.5. The third-order valence-corrected chi connectivity index (χ3v) is 8.51. The molecule has 0 heterocycles. The fraction of sp³-hybridized carbons (Fsp3) is 0.655. The van der Waals surface area contributed by atoms with E-state index in [0.717, 1.165) is 37.7 Å². The molecule has 2 N–H and O–H groups in total. The average Bonchev–Trinajstić information content (AvgIpc) is 3.12. The van der Waals surface area contributed by atoms with Crippen molar-refractivity contribution in [2.45, 2.75) is 103 Å². The number of fused-ring (bicyclic) bond motifs is 1. The number of alkyl halides is 1. The zero-order valence-corrected chi connectivity index (χ0v) is 20.5. The summed E-state index contributed by atoms with van der Waals surface area (Å²) in [7, 11) is 0. The minimum atomic E-state index is -1.13. The molecule has 2 saturated carbocycles. The van der Waals surface area contributed by atoms with Gasteiger partial charge in [0.25, 0.3) is 0 Å². The second-order valence-corrected chi connectivity index (χ2v) is 10.6. The number of rotatable bonds is 7. The van der Waals surface area contributed by atoms with Crippen LogP contribution in [0.5, 0.6) is 0 Å². The molecule has 0 amide bonds. The van der Waals surface area contributed by atoms with E-state index in [2.05, 4.69) is 38.7 Å². The number of hydrogen-bond acceptors (Lipinski definition) is 2. The smallest absolute Gasteiger partial charge is 0.127 e. The topological polar surface area (TPSA) is 40.5 Å². The van der Waals surface area contributed by atoms with E-state index in [1.807, 2.05) is 26.0 Å². The average molecular weight is 443 g/mol. The first kappa shape index (κ1) is 25.2. The van der Waals surface area contributed by atoms with Crippen LogP contribution < -0.4 is 0 Å². The highest BCUT2D eigenvalue weighted by Gasteiger charge is 2.45. The molecule has 0 aromatic carbocycles. The molecular weight excluding hydrogens is 399 g/mol. The van der Waals surface area contributed by atoms with Crippen molar-refractivity contribution in [2.24, 2.45) is 17.3 Å². The molecule has 2 fully saturated rings. The van der Waals surface area contributed by atoms with Crippen LogP contribution >= 0.6 is 0 Å². The summed E-state index contributed by atoms with van der Waals surface area (Å²) in [6, 6.07) is 0. The fourth-order valence-corrected chi connectivity index (χ4v) is 6.15. The van der Waals surface area contributed by atoms with Crippen molar-refractivity contribution in [3.63, 3.8) is 0 Å². The maximum absolute atomic E-state index is 14.1. The van der Waals surface area contributed by atoms with Gasteiger partial charge in [-0.15, -0.1) is 0 Å². The number of halogens is 1. The monoisotopic (exact) mass is 442 g/mol. The van der Waals surface area contributed by atoms with Gasteiger partial charge in [0.2, 0.25) is 0 Å². The number of allylic oxidation sites excluding steroid dienone is 7. The van der Waals surface area contributed by atoms with Crippen LogP contribution in [0.25, 0.3) is 0 Å². The molecule has 5 atom stereocenters. The highest BCUT2D eigenvalue weighted by atomic mass is 19.1. The highest BCUT2D eigenvalue weighted by Crippen LogP contribution is 2.57. The quantitative estimate of drug-likeness (QED) is 0.411. The molecule has 0 aliphatic heterocycles. The lowest BCUT2D eigenvalue weighted by atomic mass is 9.62. The zero-order valence-electron chi connectivity index (χ0n) is 20.5. The van der Waals surface area contributed by atoms with Gasteiger partial charge < -0.3 is 10.2 Å². The van der Waals surface area contributed by atoms with Gasteiger partial charge in [-0.25, -0.2) is 4.39 Å². The fourth-order valence-electron chi connectivity index (χ4n) is 6.15. The van der Waals surface area contributed by atoms with Crippen molar-refractivity contribution in [1.82, 2.24) is 0 Å². The van der Waals surface area contributed by atoms with Crippen molar-refractivity contribution in [2.75, 3.05) is 0 Å². The molecule has 2 nitrogen and oxygen atoms in total. The Morgan fingerprint density at radius 3 is 2.72 bits per heavy atom. The van der Waals surface area contributed by atoms with E-state index in [1.165, 1.54) is 18.4 Å². The normalized spacial score (nSPS) is 34.9. The Bertz CT molecular complexity index is 813.